The summed E-state index contributed by atoms with van der Waals surface area (Å²) in [5.74, 6) is 0.789. The van der Waals surface area contributed by atoms with Gasteiger partial charge in [0.1, 0.15) is 6.10 Å². The highest BCUT2D eigenvalue weighted by atomic mass is 16.5. The fourth-order valence-electron chi connectivity index (χ4n) is 2.52. The second-order valence-electron chi connectivity index (χ2n) is 5.22. The summed E-state index contributed by atoms with van der Waals surface area (Å²) in [4.78, 5) is 11.0. The van der Waals surface area contributed by atoms with Crippen molar-refractivity contribution in [1.82, 2.24) is 9.97 Å². The average molecular weight is 269 g/mol. The Hall–Kier alpha value is -1.94. The third kappa shape index (κ3) is 2.65. The molecule has 104 valence electrons. The minimum absolute atomic E-state index is 0.0925. The van der Waals surface area contributed by atoms with Gasteiger partial charge in [0.2, 0.25) is 5.95 Å². The van der Waals surface area contributed by atoms with Gasteiger partial charge in [0, 0.05) is 18.9 Å². The zero-order valence-electron chi connectivity index (χ0n) is 11.9. The molecule has 4 heteroatoms. The van der Waals surface area contributed by atoms with E-state index in [0.29, 0.717) is 6.61 Å². The van der Waals surface area contributed by atoms with Crippen LogP contribution in [0.3, 0.4) is 0 Å². The van der Waals surface area contributed by atoms with Gasteiger partial charge < -0.3 is 9.64 Å². The molecule has 0 radical (unpaired) electrons. The molecular weight excluding hydrogens is 250 g/mol. The Morgan fingerprint density at radius 2 is 1.90 bits per heavy atom. The Labute approximate surface area is 119 Å². The lowest BCUT2D eigenvalue weighted by Gasteiger charge is -2.33. The Balaban J connectivity index is 1.80. The van der Waals surface area contributed by atoms with Crippen molar-refractivity contribution in [3.63, 3.8) is 0 Å². The van der Waals surface area contributed by atoms with Crippen LogP contribution < -0.4 is 4.90 Å². The maximum atomic E-state index is 5.92. The fourth-order valence-corrected chi connectivity index (χ4v) is 2.52. The molecule has 0 N–H and O–H groups in total. The normalized spacial score (nSPS) is 19.1. The lowest BCUT2D eigenvalue weighted by atomic mass is 10.0. The van der Waals surface area contributed by atoms with E-state index >= 15 is 0 Å². The zero-order valence-corrected chi connectivity index (χ0v) is 11.9. The Morgan fingerprint density at radius 1 is 1.15 bits per heavy atom. The lowest BCUT2D eigenvalue weighted by molar-refractivity contribution is 0.0388. The molecule has 3 rings (SSSR count). The van der Waals surface area contributed by atoms with Crippen molar-refractivity contribution in [2.24, 2.45) is 0 Å². The molecule has 20 heavy (non-hydrogen) atoms. The van der Waals surface area contributed by atoms with Gasteiger partial charge in [-0.3, -0.25) is 0 Å². The molecule has 1 aromatic carbocycles. The number of morpholine rings is 1. The summed E-state index contributed by atoms with van der Waals surface area (Å²) in [7, 11) is 0. The molecule has 1 atom stereocenters. The predicted octanol–water partition coefficient (Wildman–Crippen LogP) is 2.67. The SMILES string of the molecule is Cc1cnc(N2CCOC(c3ccccc3C)C2)nc1. The summed E-state index contributed by atoms with van der Waals surface area (Å²) < 4.78 is 5.92. The summed E-state index contributed by atoms with van der Waals surface area (Å²) in [6.45, 7) is 6.47. The van der Waals surface area contributed by atoms with Crippen molar-refractivity contribution in [2.75, 3.05) is 24.6 Å². The van der Waals surface area contributed by atoms with Gasteiger partial charge in [-0.1, -0.05) is 24.3 Å². The van der Waals surface area contributed by atoms with Crippen LogP contribution in [0.4, 0.5) is 5.95 Å². The number of rotatable bonds is 2. The minimum Gasteiger partial charge on any atom is -0.370 e. The van der Waals surface area contributed by atoms with Crippen LogP contribution in [-0.2, 0) is 4.74 Å². The van der Waals surface area contributed by atoms with Crippen LogP contribution in [0.5, 0.6) is 0 Å². The van der Waals surface area contributed by atoms with Gasteiger partial charge in [-0.05, 0) is 30.5 Å². The second-order valence-corrected chi connectivity index (χ2v) is 5.22. The number of benzene rings is 1. The maximum Gasteiger partial charge on any atom is 0.225 e. The molecule has 1 aromatic heterocycles. The quantitative estimate of drug-likeness (QED) is 0.840. The molecule has 4 nitrogen and oxygen atoms in total. The van der Waals surface area contributed by atoms with Crippen LogP contribution in [0, 0.1) is 13.8 Å². The summed E-state index contributed by atoms with van der Waals surface area (Å²) >= 11 is 0. The third-order valence-corrected chi connectivity index (χ3v) is 3.65. The summed E-state index contributed by atoms with van der Waals surface area (Å²) in [5, 5.41) is 0. The second kappa shape index (κ2) is 5.59. The molecule has 2 aromatic rings. The van der Waals surface area contributed by atoms with Crippen molar-refractivity contribution < 1.29 is 4.74 Å². The van der Waals surface area contributed by atoms with E-state index in [4.69, 9.17) is 4.74 Å². The van der Waals surface area contributed by atoms with E-state index in [1.165, 1.54) is 11.1 Å². The van der Waals surface area contributed by atoms with Crippen molar-refractivity contribution in [3.8, 4) is 0 Å². The van der Waals surface area contributed by atoms with E-state index in [9.17, 15) is 0 Å². The van der Waals surface area contributed by atoms with Crippen LogP contribution in [0.1, 0.15) is 22.8 Å². The molecule has 0 aliphatic carbocycles. The molecule has 1 aliphatic heterocycles. The molecule has 1 aliphatic rings. The molecule has 1 fully saturated rings. The molecule has 0 saturated carbocycles. The van der Waals surface area contributed by atoms with E-state index < -0.39 is 0 Å². The largest absolute Gasteiger partial charge is 0.370 e. The van der Waals surface area contributed by atoms with Crippen LogP contribution in [0.2, 0.25) is 0 Å². The highest BCUT2D eigenvalue weighted by Crippen LogP contribution is 2.26. The Morgan fingerprint density at radius 3 is 2.65 bits per heavy atom. The van der Waals surface area contributed by atoms with Gasteiger partial charge in [0.05, 0.1) is 13.2 Å². The standard InChI is InChI=1S/C16H19N3O/c1-12-9-17-16(18-10-12)19-7-8-20-15(11-19)14-6-4-3-5-13(14)2/h3-6,9-10,15H,7-8,11H2,1-2H3. The smallest absolute Gasteiger partial charge is 0.225 e. The number of hydrogen-bond donors (Lipinski definition) is 0. The molecular formula is C16H19N3O. The number of anilines is 1. The van der Waals surface area contributed by atoms with Crippen LogP contribution >= 0.6 is 0 Å². The Bertz CT molecular complexity index is 583. The van der Waals surface area contributed by atoms with Crippen LogP contribution in [0.25, 0.3) is 0 Å². The van der Waals surface area contributed by atoms with Gasteiger partial charge >= 0.3 is 0 Å². The monoisotopic (exact) mass is 269 g/mol. The average Bonchev–Trinajstić information content (AvgIpc) is 2.49. The van der Waals surface area contributed by atoms with Gasteiger partial charge in [-0.15, -0.1) is 0 Å². The van der Waals surface area contributed by atoms with Crippen molar-refractivity contribution in [2.45, 2.75) is 20.0 Å². The minimum atomic E-state index is 0.0925. The molecule has 0 spiro atoms. The van der Waals surface area contributed by atoms with Crippen molar-refractivity contribution >= 4 is 5.95 Å². The van der Waals surface area contributed by atoms with Crippen molar-refractivity contribution in [3.05, 3.63) is 53.3 Å². The number of ether oxygens (including phenoxy) is 1. The highest BCUT2D eigenvalue weighted by Gasteiger charge is 2.24. The van der Waals surface area contributed by atoms with Crippen molar-refractivity contribution in [1.29, 1.82) is 0 Å². The van der Waals surface area contributed by atoms with Crippen LogP contribution in [0.15, 0.2) is 36.7 Å². The summed E-state index contributed by atoms with van der Waals surface area (Å²) in [5.41, 5.74) is 3.60. The number of hydrogen-bond acceptors (Lipinski definition) is 4. The van der Waals surface area contributed by atoms with E-state index in [1.54, 1.807) is 0 Å². The third-order valence-electron chi connectivity index (χ3n) is 3.65. The zero-order chi connectivity index (χ0) is 13.9. The topological polar surface area (TPSA) is 38.2 Å². The first kappa shape index (κ1) is 13.1. The lowest BCUT2D eigenvalue weighted by Crippen LogP contribution is -2.39. The van der Waals surface area contributed by atoms with Gasteiger partial charge in [-0.25, -0.2) is 9.97 Å². The first-order chi connectivity index (χ1) is 9.74. The maximum absolute atomic E-state index is 5.92. The summed E-state index contributed by atoms with van der Waals surface area (Å²) in [6.07, 6.45) is 3.82. The number of nitrogens with zero attached hydrogens (tertiary/aromatic N) is 3. The number of aryl methyl sites for hydroxylation is 2. The molecule has 1 saturated heterocycles. The highest BCUT2D eigenvalue weighted by molar-refractivity contribution is 5.34. The first-order valence-electron chi connectivity index (χ1n) is 6.95. The molecule has 0 bridgehead atoms. The predicted molar refractivity (Wildman–Crippen MR) is 78.9 cm³/mol. The van der Waals surface area contributed by atoms with E-state index in [0.717, 1.165) is 24.6 Å². The first-order valence-corrected chi connectivity index (χ1v) is 6.95. The number of aromatic nitrogens is 2. The molecule has 0 amide bonds. The van der Waals surface area contributed by atoms with E-state index in [-0.39, 0.29) is 6.10 Å². The van der Waals surface area contributed by atoms with E-state index in [2.05, 4.69) is 46.1 Å². The molecule has 2 heterocycles. The van der Waals surface area contributed by atoms with Gasteiger partial charge in [-0.2, -0.15) is 0 Å². The molecule has 1 unspecified atom stereocenters. The van der Waals surface area contributed by atoms with Crippen LogP contribution in [-0.4, -0.2) is 29.7 Å². The summed E-state index contributed by atoms with van der Waals surface area (Å²) in [6, 6.07) is 8.38. The fraction of sp³-hybridized carbons (Fsp3) is 0.375. The Kier molecular flexibility index (Phi) is 3.65. The van der Waals surface area contributed by atoms with Gasteiger partial charge in [0.15, 0.2) is 0 Å². The van der Waals surface area contributed by atoms with E-state index in [1.807, 2.05) is 19.3 Å². The van der Waals surface area contributed by atoms with Gasteiger partial charge in [0.25, 0.3) is 0 Å².